The molecule has 4 rings (SSSR count). The highest BCUT2D eigenvalue weighted by atomic mass is 35.5. The quantitative estimate of drug-likeness (QED) is 0.479. The van der Waals surface area contributed by atoms with Crippen molar-refractivity contribution in [3.8, 4) is 11.1 Å². The summed E-state index contributed by atoms with van der Waals surface area (Å²) in [6.07, 6.45) is 1.43. The molecule has 2 aromatic heterocycles. The average Bonchev–Trinajstić information content (AvgIpc) is 3.15. The number of aromatic nitrogens is 2. The average molecular weight is 438 g/mol. The molecule has 2 heterocycles. The number of thiophene rings is 1. The van der Waals surface area contributed by atoms with Gasteiger partial charge in [-0.25, -0.2) is 4.98 Å². The zero-order chi connectivity index (χ0) is 21.3. The molecular weight excluding hydrogens is 418 g/mol. The number of rotatable bonds is 5. The first kappa shape index (κ1) is 20.3. The SMILES string of the molecule is Cc1ccc(-c2csc3ncn(CC(=O)NC(C)c4cccc(Cl)c4)c(=O)c23)cc1. The third-order valence-corrected chi connectivity index (χ3v) is 6.08. The van der Waals surface area contributed by atoms with E-state index < -0.39 is 0 Å². The maximum Gasteiger partial charge on any atom is 0.263 e. The van der Waals surface area contributed by atoms with Crippen LogP contribution in [0.5, 0.6) is 0 Å². The van der Waals surface area contributed by atoms with E-state index in [2.05, 4.69) is 10.3 Å². The normalized spacial score (nSPS) is 12.1. The van der Waals surface area contributed by atoms with E-state index in [0.717, 1.165) is 22.3 Å². The van der Waals surface area contributed by atoms with E-state index in [-0.39, 0.29) is 24.1 Å². The number of fused-ring (bicyclic) bond motifs is 1. The highest BCUT2D eigenvalue weighted by molar-refractivity contribution is 7.17. The van der Waals surface area contributed by atoms with Gasteiger partial charge in [0.05, 0.1) is 17.8 Å². The second-order valence-corrected chi connectivity index (χ2v) is 8.51. The Kier molecular flexibility index (Phi) is 5.70. The molecule has 0 saturated carbocycles. The molecule has 1 unspecified atom stereocenters. The van der Waals surface area contributed by atoms with Crippen LogP contribution in [0.3, 0.4) is 0 Å². The van der Waals surface area contributed by atoms with Gasteiger partial charge in [-0.05, 0) is 37.1 Å². The number of aryl methyl sites for hydroxylation is 1. The van der Waals surface area contributed by atoms with Gasteiger partial charge in [0.25, 0.3) is 5.56 Å². The number of halogens is 1. The van der Waals surface area contributed by atoms with Crippen molar-refractivity contribution in [2.45, 2.75) is 26.4 Å². The Morgan fingerprint density at radius 2 is 2.00 bits per heavy atom. The summed E-state index contributed by atoms with van der Waals surface area (Å²) in [6.45, 7) is 3.80. The molecule has 1 atom stereocenters. The molecule has 0 fully saturated rings. The molecule has 5 nitrogen and oxygen atoms in total. The fraction of sp³-hybridized carbons (Fsp3) is 0.174. The van der Waals surface area contributed by atoms with Crippen LogP contribution in [0.15, 0.2) is 65.0 Å². The van der Waals surface area contributed by atoms with E-state index >= 15 is 0 Å². The van der Waals surface area contributed by atoms with Crippen molar-refractivity contribution in [2.75, 3.05) is 0 Å². The molecule has 30 heavy (non-hydrogen) atoms. The van der Waals surface area contributed by atoms with Gasteiger partial charge in [-0.3, -0.25) is 14.2 Å². The maximum atomic E-state index is 13.1. The van der Waals surface area contributed by atoms with Gasteiger partial charge in [0.15, 0.2) is 0 Å². The summed E-state index contributed by atoms with van der Waals surface area (Å²) in [6, 6.07) is 15.1. The summed E-state index contributed by atoms with van der Waals surface area (Å²) < 4.78 is 1.35. The summed E-state index contributed by atoms with van der Waals surface area (Å²) in [4.78, 5) is 30.7. The van der Waals surface area contributed by atoms with Crippen molar-refractivity contribution in [3.05, 3.63) is 86.7 Å². The Morgan fingerprint density at radius 3 is 2.73 bits per heavy atom. The molecule has 1 N–H and O–H groups in total. The van der Waals surface area contributed by atoms with E-state index in [9.17, 15) is 9.59 Å². The molecular formula is C23H20ClN3O2S. The van der Waals surface area contributed by atoms with Crippen LogP contribution in [0.4, 0.5) is 0 Å². The van der Waals surface area contributed by atoms with E-state index in [0.29, 0.717) is 15.2 Å². The van der Waals surface area contributed by atoms with Crippen LogP contribution in [0.25, 0.3) is 21.3 Å². The maximum absolute atomic E-state index is 13.1. The number of hydrogen-bond acceptors (Lipinski definition) is 4. The lowest BCUT2D eigenvalue weighted by atomic mass is 10.1. The van der Waals surface area contributed by atoms with Gasteiger partial charge in [0.1, 0.15) is 11.4 Å². The topological polar surface area (TPSA) is 64.0 Å². The first-order chi connectivity index (χ1) is 14.4. The van der Waals surface area contributed by atoms with Gasteiger partial charge in [-0.15, -0.1) is 11.3 Å². The Balaban J connectivity index is 1.59. The molecule has 2 aromatic carbocycles. The minimum atomic E-state index is -0.266. The minimum absolute atomic E-state index is 0.101. The van der Waals surface area contributed by atoms with Crippen LogP contribution < -0.4 is 10.9 Å². The highest BCUT2D eigenvalue weighted by Crippen LogP contribution is 2.30. The number of nitrogens with zero attached hydrogens (tertiary/aromatic N) is 2. The molecule has 0 radical (unpaired) electrons. The van der Waals surface area contributed by atoms with Gasteiger partial charge >= 0.3 is 0 Å². The summed E-state index contributed by atoms with van der Waals surface area (Å²) >= 11 is 7.46. The molecule has 0 spiro atoms. The molecule has 152 valence electrons. The molecule has 4 aromatic rings. The van der Waals surface area contributed by atoms with Crippen molar-refractivity contribution in [1.82, 2.24) is 14.9 Å². The minimum Gasteiger partial charge on any atom is -0.348 e. The van der Waals surface area contributed by atoms with Crippen LogP contribution in [0, 0.1) is 6.92 Å². The fourth-order valence-electron chi connectivity index (χ4n) is 3.33. The Hall–Kier alpha value is -2.96. The molecule has 1 amide bonds. The summed E-state index contributed by atoms with van der Waals surface area (Å²) in [5, 5.41) is 6.01. The van der Waals surface area contributed by atoms with Crippen LogP contribution in [0.1, 0.15) is 24.1 Å². The highest BCUT2D eigenvalue weighted by Gasteiger charge is 2.16. The zero-order valence-corrected chi connectivity index (χ0v) is 18.1. The van der Waals surface area contributed by atoms with Gasteiger partial charge in [0, 0.05) is 16.0 Å². The number of carbonyl (C=O) groups excluding carboxylic acids is 1. The lowest BCUT2D eigenvalue weighted by Gasteiger charge is -2.15. The van der Waals surface area contributed by atoms with Crippen LogP contribution in [-0.2, 0) is 11.3 Å². The van der Waals surface area contributed by atoms with Crippen LogP contribution in [0.2, 0.25) is 5.02 Å². The van der Waals surface area contributed by atoms with Crippen molar-refractivity contribution in [2.24, 2.45) is 0 Å². The third kappa shape index (κ3) is 4.15. The number of nitrogens with one attached hydrogen (secondary N) is 1. The second-order valence-electron chi connectivity index (χ2n) is 7.22. The van der Waals surface area contributed by atoms with Crippen LogP contribution >= 0.6 is 22.9 Å². The summed E-state index contributed by atoms with van der Waals surface area (Å²) in [5.41, 5.74) is 3.63. The lowest BCUT2D eigenvalue weighted by molar-refractivity contribution is -0.122. The molecule has 0 bridgehead atoms. The third-order valence-electron chi connectivity index (χ3n) is 4.96. The van der Waals surface area contributed by atoms with Crippen molar-refractivity contribution in [1.29, 1.82) is 0 Å². The molecule has 0 saturated heterocycles. The van der Waals surface area contributed by atoms with Crippen LogP contribution in [-0.4, -0.2) is 15.5 Å². The number of amides is 1. The predicted molar refractivity (Wildman–Crippen MR) is 122 cm³/mol. The van der Waals surface area contributed by atoms with E-state index in [4.69, 9.17) is 11.6 Å². The first-order valence-corrected chi connectivity index (χ1v) is 10.8. The van der Waals surface area contributed by atoms with Crippen molar-refractivity contribution in [3.63, 3.8) is 0 Å². The Morgan fingerprint density at radius 1 is 1.23 bits per heavy atom. The number of hydrogen-bond donors (Lipinski definition) is 1. The van der Waals surface area contributed by atoms with Crippen molar-refractivity contribution < 1.29 is 4.79 Å². The molecule has 0 aliphatic heterocycles. The second kappa shape index (κ2) is 8.42. The van der Waals surface area contributed by atoms with Gasteiger partial charge in [-0.1, -0.05) is 53.6 Å². The van der Waals surface area contributed by atoms with Crippen molar-refractivity contribution >= 4 is 39.1 Å². The number of carbonyl (C=O) groups is 1. The number of benzene rings is 2. The van der Waals surface area contributed by atoms with Gasteiger partial charge in [0.2, 0.25) is 5.91 Å². The smallest absolute Gasteiger partial charge is 0.263 e. The fourth-order valence-corrected chi connectivity index (χ4v) is 4.43. The Labute approximate surface area is 183 Å². The van der Waals surface area contributed by atoms with E-state index in [1.807, 2.05) is 61.7 Å². The largest absolute Gasteiger partial charge is 0.348 e. The Bertz CT molecular complexity index is 1280. The van der Waals surface area contributed by atoms with E-state index in [1.54, 1.807) is 6.07 Å². The first-order valence-electron chi connectivity index (χ1n) is 9.51. The molecule has 7 heteroatoms. The van der Waals surface area contributed by atoms with Gasteiger partial charge < -0.3 is 5.32 Å². The predicted octanol–water partition coefficient (Wildman–Crippen LogP) is 4.96. The summed E-state index contributed by atoms with van der Waals surface area (Å²) in [7, 11) is 0. The summed E-state index contributed by atoms with van der Waals surface area (Å²) in [5.74, 6) is -0.266. The standard InChI is InChI=1S/C23H20ClN3O2S/c1-14-6-8-16(9-7-14)19-12-30-22-21(19)23(29)27(13-25-22)11-20(28)26-15(2)17-4-3-5-18(24)10-17/h3-10,12-13,15H,11H2,1-2H3,(H,26,28). The molecule has 0 aliphatic rings. The van der Waals surface area contributed by atoms with E-state index in [1.165, 1.54) is 22.2 Å². The monoisotopic (exact) mass is 437 g/mol. The zero-order valence-electron chi connectivity index (χ0n) is 16.6. The van der Waals surface area contributed by atoms with Gasteiger partial charge in [-0.2, -0.15) is 0 Å². The lowest BCUT2D eigenvalue weighted by Crippen LogP contribution is -2.33. The molecule has 0 aliphatic carbocycles.